The fraction of sp³-hybridized carbons (Fsp3) is 1.00. The van der Waals surface area contributed by atoms with Crippen LogP contribution in [-0.4, -0.2) is 26.5 Å². The van der Waals surface area contributed by atoms with Gasteiger partial charge in [-0.3, -0.25) is 0 Å². The molecule has 11 heavy (non-hydrogen) atoms. The van der Waals surface area contributed by atoms with E-state index in [2.05, 4.69) is 29.9 Å². The summed E-state index contributed by atoms with van der Waals surface area (Å²) in [5.74, 6) is 10.6. The van der Waals surface area contributed by atoms with Crippen LogP contribution in [0.4, 0.5) is 0 Å². The normalized spacial score (nSPS) is 30.3. The van der Waals surface area contributed by atoms with Crippen molar-refractivity contribution in [1.82, 2.24) is 0 Å². The molecule has 66 valence electrons. The van der Waals surface area contributed by atoms with Crippen LogP contribution in [0.25, 0.3) is 0 Å². The van der Waals surface area contributed by atoms with Crippen LogP contribution in [0, 0.1) is 0 Å². The molecule has 1 saturated heterocycles. The monoisotopic (exact) mass is 278 g/mol. The summed E-state index contributed by atoms with van der Waals surface area (Å²) in [6.45, 7) is 2.58. The zero-order chi connectivity index (χ0) is 8.70. The summed E-state index contributed by atoms with van der Waals surface area (Å²) in [4.78, 5) is 0. The predicted molar refractivity (Wildman–Crippen MR) is 58.6 cm³/mol. The summed E-state index contributed by atoms with van der Waals surface area (Å²) in [7, 11) is 0. The van der Waals surface area contributed by atoms with Crippen LogP contribution < -0.4 is 0 Å². The second-order valence-electron chi connectivity index (χ2n) is 5.55. The zero-order valence-corrected chi connectivity index (χ0v) is 12.9. The number of hydrogen-bond acceptors (Lipinski definition) is 0. The van der Waals surface area contributed by atoms with Crippen molar-refractivity contribution in [3.63, 3.8) is 0 Å². The molecule has 0 spiro atoms. The van der Waals surface area contributed by atoms with Gasteiger partial charge in [0.25, 0.3) is 0 Å². The molecule has 1 rings (SSSR count). The van der Waals surface area contributed by atoms with Gasteiger partial charge < -0.3 is 0 Å². The van der Waals surface area contributed by atoms with Gasteiger partial charge >= 0.3 is 77.0 Å². The Labute approximate surface area is 76.9 Å². The van der Waals surface area contributed by atoms with E-state index < -0.39 is 26.5 Å². The van der Waals surface area contributed by atoms with Crippen LogP contribution >= 0.6 is 0 Å². The van der Waals surface area contributed by atoms with E-state index in [0.717, 1.165) is 0 Å². The van der Waals surface area contributed by atoms with Crippen LogP contribution in [0.15, 0.2) is 0 Å². The molecule has 0 radical (unpaired) electrons. The molecule has 0 aromatic carbocycles. The maximum atomic E-state index is 2.65. The van der Waals surface area contributed by atoms with Gasteiger partial charge in [0.1, 0.15) is 0 Å². The first-order valence-corrected chi connectivity index (χ1v) is 18.6. The van der Waals surface area contributed by atoms with E-state index in [-0.39, 0.29) is 0 Å². The van der Waals surface area contributed by atoms with Crippen molar-refractivity contribution >= 4 is 26.5 Å². The summed E-state index contributed by atoms with van der Waals surface area (Å²) in [6.07, 6.45) is 1.59. The van der Waals surface area contributed by atoms with E-state index in [1.807, 2.05) is 0 Å². The molecule has 1 aliphatic heterocycles. The molecular formula is C9H22Ge2. The average Bonchev–Trinajstić information content (AvgIpc) is 1.82. The van der Waals surface area contributed by atoms with Crippen LogP contribution in [0.1, 0.15) is 13.3 Å². The Hall–Kier alpha value is 1.09. The Bertz CT molecular complexity index is 134. The molecule has 1 fully saturated rings. The molecule has 1 heterocycles. The summed E-state index contributed by atoms with van der Waals surface area (Å²) in [5, 5.41) is 3.30. The van der Waals surface area contributed by atoms with Crippen molar-refractivity contribution in [3.05, 3.63) is 0 Å². The molecule has 2 heteroatoms. The Morgan fingerprint density at radius 2 is 1.27 bits per heavy atom. The van der Waals surface area contributed by atoms with Gasteiger partial charge in [0.05, 0.1) is 0 Å². The first-order valence-electron chi connectivity index (χ1n) is 4.86. The molecule has 0 aliphatic carbocycles. The predicted octanol–water partition coefficient (Wildman–Crippen LogP) is 3.74. The van der Waals surface area contributed by atoms with Crippen molar-refractivity contribution in [1.29, 1.82) is 0 Å². The van der Waals surface area contributed by atoms with Crippen LogP contribution in [0.3, 0.4) is 0 Å². The molecule has 0 amide bonds. The number of hydrogen-bond donors (Lipinski definition) is 0. The topological polar surface area (TPSA) is 0 Å². The molecule has 0 aromatic heterocycles. The molecule has 0 unspecified atom stereocenters. The standard InChI is InChI=1S/C9H22Ge2/c1-9-10(2,3)7-6-8-11(9,4)5/h9H,6-8H2,1-5H3. The van der Waals surface area contributed by atoms with E-state index in [1.54, 1.807) is 16.9 Å². The second kappa shape index (κ2) is 3.10. The van der Waals surface area contributed by atoms with Crippen molar-refractivity contribution in [3.8, 4) is 0 Å². The Morgan fingerprint density at radius 1 is 0.909 bits per heavy atom. The van der Waals surface area contributed by atoms with E-state index >= 15 is 0 Å². The second-order valence-corrected chi connectivity index (χ2v) is 30.5. The molecular weight excluding hydrogens is 253 g/mol. The van der Waals surface area contributed by atoms with Gasteiger partial charge in [0.2, 0.25) is 0 Å². The molecule has 0 aromatic rings. The molecule has 0 bridgehead atoms. The minimum atomic E-state index is -1.24. The zero-order valence-electron chi connectivity index (χ0n) is 8.70. The van der Waals surface area contributed by atoms with Gasteiger partial charge in [-0.1, -0.05) is 0 Å². The van der Waals surface area contributed by atoms with E-state index in [1.165, 1.54) is 3.58 Å². The SMILES string of the molecule is C[CH]1[Ge]([CH3])([CH3])[CH2]C[CH2][Ge]1([CH3])[CH3]. The quantitative estimate of drug-likeness (QED) is 0.591. The van der Waals surface area contributed by atoms with Gasteiger partial charge in [0, 0.05) is 0 Å². The first-order chi connectivity index (χ1) is 4.86. The Balaban J connectivity index is 2.76. The van der Waals surface area contributed by atoms with E-state index in [0.29, 0.717) is 0 Å². The third-order valence-electron chi connectivity index (χ3n) is 3.99. The van der Waals surface area contributed by atoms with Crippen LogP contribution in [0.2, 0.25) is 37.1 Å². The van der Waals surface area contributed by atoms with E-state index in [9.17, 15) is 0 Å². The van der Waals surface area contributed by atoms with Gasteiger partial charge in [-0.25, -0.2) is 0 Å². The van der Waals surface area contributed by atoms with Gasteiger partial charge in [-0.2, -0.15) is 0 Å². The van der Waals surface area contributed by atoms with Crippen LogP contribution in [-0.2, 0) is 0 Å². The van der Waals surface area contributed by atoms with Crippen LogP contribution in [0.5, 0.6) is 0 Å². The molecule has 0 nitrogen and oxygen atoms in total. The molecule has 0 atom stereocenters. The minimum absolute atomic E-state index is 1.24. The van der Waals surface area contributed by atoms with E-state index in [4.69, 9.17) is 0 Å². The van der Waals surface area contributed by atoms with Gasteiger partial charge in [-0.15, -0.1) is 0 Å². The molecule has 0 saturated carbocycles. The van der Waals surface area contributed by atoms with Crippen molar-refractivity contribution < 1.29 is 0 Å². The summed E-state index contributed by atoms with van der Waals surface area (Å²) in [5.41, 5.74) is 0. The fourth-order valence-electron chi connectivity index (χ4n) is 2.49. The maximum absolute atomic E-state index is 2.65. The third kappa shape index (κ3) is 2.06. The van der Waals surface area contributed by atoms with Crippen molar-refractivity contribution in [2.24, 2.45) is 0 Å². The summed E-state index contributed by atoms with van der Waals surface area (Å²) in [6, 6.07) is 0. The van der Waals surface area contributed by atoms with Crippen molar-refractivity contribution in [2.45, 2.75) is 50.5 Å². The number of rotatable bonds is 0. The first kappa shape index (κ1) is 10.2. The Kier molecular flexibility index (Phi) is 2.86. The summed E-state index contributed by atoms with van der Waals surface area (Å²) >= 11 is -2.47. The van der Waals surface area contributed by atoms with Gasteiger partial charge in [-0.05, 0) is 0 Å². The molecule has 0 N–H and O–H groups in total. The van der Waals surface area contributed by atoms with Crippen molar-refractivity contribution in [2.75, 3.05) is 0 Å². The third-order valence-corrected chi connectivity index (χ3v) is 37.8. The Morgan fingerprint density at radius 3 is 1.55 bits per heavy atom. The summed E-state index contributed by atoms with van der Waals surface area (Å²) < 4.78 is 1.24. The molecule has 1 aliphatic rings. The average molecular weight is 275 g/mol. The van der Waals surface area contributed by atoms with Gasteiger partial charge in [0.15, 0.2) is 0 Å². The fourth-order valence-corrected chi connectivity index (χ4v) is 41.1.